The molecule has 1 aromatic carbocycles. The summed E-state index contributed by atoms with van der Waals surface area (Å²) in [7, 11) is 1.62. The number of benzene rings is 1. The molecule has 1 amide bonds. The molecule has 6 rings (SSSR count). The van der Waals surface area contributed by atoms with Crippen molar-refractivity contribution in [3.63, 3.8) is 0 Å². The minimum atomic E-state index is -0.105. The Balaban J connectivity index is 1.23. The Bertz CT molecular complexity index is 898. The lowest BCUT2D eigenvalue weighted by atomic mass is 9.47. The third-order valence-electron chi connectivity index (χ3n) is 7.86. The Kier molecular flexibility index (Phi) is 5.45. The van der Waals surface area contributed by atoms with Crippen LogP contribution in [0.2, 0.25) is 0 Å². The Hall–Kier alpha value is -2.43. The first-order chi connectivity index (χ1) is 15.1. The maximum absolute atomic E-state index is 13.0. The van der Waals surface area contributed by atoms with Gasteiger partial charge in [-0.05, 0) is 92.4 Å². The second-order valence-electron chi connectivity index (χ2n) is 9.92. The van der Waals surface area contributed by atoms with Gasteiger partial charge < -0.3 is 19.2 Å². The van der Waals surface area contributed by atoms with Crippen molar-refractivity contribution in [1.82, 2.24) is 5.32 Å². The van der Waals surface area contributed by atoms with Gasteiger partial charge in [-0.2, -0.15) is 0 Å². The van der Waals surface area contributed by atoms with E-state index in [0.717, 1.165) is 24.2 Å². The highest BCUT2D eigenvalue weighted by atomic mass is 16.5. The van der Waals surface area contributed by atoms with Crippen LogP contribution >= 0.6 is 0 Å². The Morgan fingerprint density at radius 1 is 1.06 bits per heavy atom. The first-order valence-corrected chi connectivity index (χ1v) is 11.7. The van der Waals surface area contributed by atoms with Crippen LogP contribution < -0.4 is 14.8 Å². The Morgan fingerprint density at radius 2 is 1.71 bits per heavy atom. The molecule has 1 N–H and O–H groups in total. The number of para-hydroxylation sites is 2. The first kappa shape index (κ1) is 20.5. The van der Waals surface area contributed by atoms with Gasteiger partial charge in [-0.15, -0.1) is 0 Å². The molecule has 4 aliphatic carbocycles. The molecule has 4 aliphatic rings. The average Bonchev–Trinajstić information content (AvgIpc) is 3.24. The van der Waals surface area contributed by atoms with E-state index in [9.17, 15) is 4.79 Å². The molecule has 1 heterocycles. The molecular weight excluding hydrogens is 390 g/mol. The second kappa shape index (κ2) is 8.25. The SMILES string of the molecule is CCC(NC(=O)c1ccc(COc2ccccc2OC)o1)C12CC3CC(CC(C3)C1)C2. The summed E-state index contributed by atoms with van der Waals surface area (Å²) in [5.41, 5.74) is 0.293. The molecule has 1 aromatic heterocycles. The number of furan rings is 1. The molecule has 166 valence electrons. The van der Waals surface area contributed by atoms with E-state index in [1.165, 1.54) is 38.5 Å². The highest BCUT2D eigenvalue weighted by molar-refractivity contribution is 5.91. The largest absolute Gasteiger partial charge is 0.493 e. The number of carbonyl (C=O) groups is 1. The summed E-state index contributed by atoms with van der Waals surface area (Å²) in [4.78, 5) is 13.0. The zero-order valence-corrected chi connectivity index (χ0v) is 18.6. The number of rotatable bonds is 8. The van der Waals surface area contributed by atoms with E-state index in [0.29, 0.717) is 28.4 Å². The molecule has 2 aromatic rings. The van der Waals surface area contributed by atoms with E-state index in [4.69, 9.17) is 13.9 Å². The van der Waals surface area contributed by atoms with Crippen molar-refractivity contribution < 1.29 is 18.7 Å². The molecule has 4 saturated carbocycles. The Morgan fingerprint density at radius 3 is 2.32 bits per heavy atom. The third kappa shape index (κ3) is 3.95. The van der Waals surface area contributed by atoms with Crippen LogP contribution in [0.5, 0.6) is 11.5 Å². The van der Waals surface area contributed by atoms with Crippen LogP contribution in [0.3, 0.4) is 0 Å². The van der Waals surface area contributed by atoms with Gasteiger partial charge in [0.15, 0.2) is 17.3 Å². The maximum Gasteiger partial charge on any atom is 0.287 e. The lowest BCUT2D eigenvalue weighted by Gasteiger charge is -2.59. The molecule has 0 aliphatic heterocycles. The number of hydrogen-bond donors (Lipinski definition) is 1. The van der Waals surface area contributed by atoms with Crippen LogP contribution in [-0.4, -0.2) is 19.1 Å². The fraction of sp³-hybridized carbons (Fsp3) is 0.577. The predicted octanol–water partition coefficient (Wildman–Crippen LogP) is 5.59. The van der Waals surface area contributed by atoms with Gasteiger partial charge in [-0.25, -0.2) is 0 Å². The zero-order valence-electron chi connectivity index (χ0n) is 18.6. The standard InChI is InChI=1S/C26H33NO4/c1-3-24(26-13-17-10-18(14-26)12-19(11-17)15-26)27-25(28)23-9-8-20(31-23)16-30-22-7-5-4-6-21(22)29-2/h4-9,17-19,24H,3,10-16H2,1-2H3,(H,27,28). The fourth-order valence-electron chi connectivity index (χ4n) is 6.99. The van der Waals surface area contributed by atoms with Gasteiger partial charge in [0.2, 0.25) is 0 Å². The molecule has 1 unspecified atom stereocenters. The molecule has 0 saturated heterocycles. The molecular formula is C26H33NO4. The summed E-state index contributed by atoms with van der Waals surface area (Å²) in [6.45, 7) is 2.46. The number of hydrogen-bond acceptors (Lipinski definition) is 4. The minimum Gasteiger partial charge on any atom is -0.493 e. The number of carbonyl (C=O) groups excluding carboxylic acids is 1. The summed E-state index contributed by atoms with van der Waals surface area (Å²) >= 11 is 0. The smallest absolute Gasteiger partial charge is 0.287 e. The fourth-order valence-corrected chi connectivity index (χ4v) is 6.99. The van der Waals surface area contributed by atoms with Crippen LogP contribution in [0, 0.1) is 23.2 Å². The molecule has 0 radical (unpaired) electrons. The van der Waals surface area contributed by atoms with Crippen molar-refractivity contribution in [3.8, 4) is 11.5 Å². The van der Waals surface area contributed by atoms with Gasteiger partial charge in [-0.3, -0.25) is 4.79 Å². The highest BCUT2D eigenvalue weighted by Gasteiger charge is 2.54. The maximum atomic E-state index is 13.0. The van der Waals surface area contributed by atoms with E-state index >= 15 is 0 Å². The summed E-state index contributed by atoms with van der Waals surface area (Å²) in [6.07, 6.45) is 9.07. The average molecular weight is 424 g/mol. The number of ether oxygens (including phenoxy) is 2. The van der Waals surface area contributed by atoms with Crippen LogP contribution in [0.25, 0.3) is 0 Å². The summed E-state index contributed by atoms with van der Waals surface area (Å²) < 4.78 is 17.0. The second-order valence-corrected chi connectivity index (χ2v) is 9.92. The van der Waals surface area contributed by atoms with Crippen molar-refractivity contribution in [1.29, 1.82) is 0 Å². The first-order valence-electron chi connectivity index (χ1n) is 11.7. The number of nitrogens with one attached hydrogen (secondary N) is 1. The van der Waals surface area contributed by atoms with Crippen LogP contribution in [0.4, 0.5) is 0 Å². The molecule has 31 heavy (non-hydrogen) atoms. The van der Waals surface area contributed by atoms with E-state index in [-0.39, 0.29) is 18.6 Å². The quantitative estimate of drug-likeness (QED) is 0.601. The summed E-state index contributed by atoms with van der Waals surface area (Å²) in [5, 5.41) is 3.35. The summed E-state index contributed by atoms with van der Waals surface area (Å²) in [5.74, 6) is 4.83. The molecule has 5 heteroatoms. The lowest BCUT2D eigenvalue weighted by Crippen LogP contribution is -2.56. The van der Waals surface area contributed by atoms with Gasteiger partial charge >= 0.3 is 0 Å². The summed E-state index contributed by atoms with van der Waals surface area (Å²) in [6, 6.07) is 11.3. The van der Waals surface area contributed by atoms with Crippen molar-refractivity contribution in [2.75, 3.05) is 7.11 Å². The van der Waals surface area contributed by atoms with Crippen molar-refractivity contribution >= 4 is 5.91 Å². The predicted molar refractivity (Wildman–Crippen MR) is 118 cm³/mol. The van der Waals surface area contributed by atoms with E-state index in [1.807, 2.05) is 30.3 Å². The van der Waals surface area contributed by atoms with Gasteiger partial charge in [0.05, 0.1) is 7.11 Å². The van der Waals surface area contributed by atoms with Crippen molar-refractivity contribution in [2.45, 2.75) is 64.5 Å². The number of methoxy groups -OCH3 is 1. The van der Waals surface area contributed by atoms with Crippen LogP contribution in [0.15, 0.2) is 40.8 Å². The van der Waals surface area contributed by atoms with Gasteiger partial charge in [-0.1, -0.05) is 19.1 Å². The molecule has 4 fully saturated rings. The monoisotopic (exact) mass is 423 g/mol. The van der Waals surface area contributed by atoms with Crippen molar-refractivity contribution in [2.24, 2.45) is 23.2 Å². The lowest BCUT2D eigenvalue weighted by molar-refractivity contribution is -0.0728. The van der Waals surface area contributed by atoms with Crippen LogP contribution in [-0.2, 0) is 6.61 Å². The van der Waals surface area contributed by atoms with E-state index < -0.39 is 0 Å². The van der Waals surface area contributed by atoms with E-state index in [1.54, 1.807) is 13.2 Å². The number of amides is 1. The topological polar surface area (TPSA) is 60.7 Å². The van der Waals surface area contributed by atoms with Gasteiger partial charge in [0.25, 0.3) is 5.91 Å². The van der Waals surface area contributed by atoms with E-state index in [2.05, 4.69) is 12.2 Å². The van der Waals surface area contributed by atoms with Crippen molar-refractivity contribution in [3.05, 3.63) is 47.9 Å². The minimum absolute atomic E-state index is 0.105. The Labute approximate surface area is 184 Å². The molecule has 5 nitrogen and oxygen atoms in total. The molecule has 1 atom stereocenters. The zero-order chi connectivity index (χ0) is 21.4. The van der Waals surface area contributed by atoms with Gasteiger partial charge in [0.1, 0.15) is 12.4 Å². The highest BCUT2D eigenvalue weighted by Crippen LogP contribution is 2.61. The molecule has 0 spiro atoms. The van der Waals surface area contributed by atoms with Crippen LogP contribution in [0.1, 0.15) is 68.2 Å². The van der Waals surface area contributed by atoms with Gasteiger partial charge in [0, 0.05) is 6.04 Å². The molecule has 4 bridgehead atoms. The normalized spacial score (nSPS) is 29.5. The third-order valence-corrected chi connectivity index (χ3v) is 7.86.